The molecule has 0 aliphatic heterocycles. The fraction of sp³-hybridized carbons (Fsp3) is 0.500. The maximum absolute atomic E-state index is 13.3. The summed E-state index contributed by atoms with van der Waals surface area (Å²) in [5.74, 6) is -1.78. The SMILES string of the molecule is CCOC(=O)/C=C/CC[C@H](NC(C)=O)C(=O)N(CC(=O)NCC(C)C)c1ccc[nH]c1=O. The predicted molar refractivity (Wildman–Crippen MR) is 120 cm³/mol. The zero-order chi connectivity index (χ0) is 24.1. The highest BCUT2D eigenvalue weighted by molar-refractivity contribution is 6.02. The van der Waals surface area contributed by atoms with Crippen LogP contribution in [-0.4, -0.2) is 54.4 Å². The van der Waals surface area contributed by atoms with Gasteiger partial charge in [-0.15, -0.1) is 0 Å². The Kier molecular flexibility index (Phi) is 11.5. The number of pyridine rings is 1. The third kappa shape index (κ3) is 9.59. The van der Waals surface area contributed by atoms with Gasteiger partial charge in [-0.1, -0.05) is 19.9 Å². The van der Waals surface area contributed by atoms with Crippen molar-refractivity contribution >= 4 is 29.4 Å². The molecule has 1 rings (SSSR count). The molecule has 10 nitrogen and oxygen atoms in total. The highest BCUT2D eigenvalue weighted by Crippen LogP contribution is 2.12. The van der Waals surface area contributed by atoms with Gasteiger partial charge >= 0.3 is 5.97 Å². The molecular weight excluding hydrogens is 416 g/mol. The van der Waals surface area contributed by atoms with Crippen molar-refractivity contribution < 1.29 is 23.9 Å². The highest BCUT2D eigenvalue weighted by atomic mass is 16.5. The topological polar surface area (TPSA) is 138 Å². The van der Waals surface area contributed by atoms with Gasteiger partial charge in [0.05, 0.1) is 6.61 Å². The maximum atomic E-state index is 13.3. The number of carbonyl (C=O) groups is 4. The second-order valence-corrected chi connectivity index (χ2v) is 7.49. The smallest absolute Gasteiger partial charge is 0.330 e. The van der Waals surface area contributed by atoms with E-state index in [4.69, 9.17) is 4.74 Å². The number of hydrogen-bond donors (Lipinski definition) is 3. The quantitative estimate of drug-likeness (QED) is 0.321. The molecule has 0 bridgehead atoms. The van der Waals surface area contributed by atoms with Crippen molar-refractivity contribution in [2.24, 2.45) is 5.92 Å². The Balaban J connectivity index is 3.08. The minimum atomic E-state index is -1.00. The molecule has 32 heavy (non-hydrogen) atoms. The van der Waals surface area contributed by atoms with E-state index in [1.54, 1.807) is 13.0 Å². The minimum Gasteiger partial charge on any atom is -0.463 e. The van der Waals surface area contributed by atoms with E-state index in [0.717, 1.165) is 4.90 Å². The maximum Gasteiger partial charge on any atom is 0.330 e. The number of nitrogens with zero attached hydrogens (tertiary/aromatic N) is 1. The molecule has 0 radical (unpaired) electrons. The Labute approximate surface area is 187 Å². The summed E-state index contributed by atoms with van der Waals surface area (Å²) >= 11 is 0. The molecule has 0 aliphatic rings. The summed E-state index contributed by atoms with van der Waals surface area (Å²) in [6, 6.07) is 1.97. The normalized spacial score (nSPS) is 11.8. The van der Waals surface area contributed by atoms with Crippen molar-refractivity contribution in [1.29, 1.82) is 0 Å². The molecule has 1 aromatic rings. The van der Waals surface area contributed by atoms with Crippen molar-refractivity contribution in [2.45, 2.75) is 46.6 Å². The van der Waals surface area contributed by atoms with Gasteiger partial charge in [-0.05, 0) is 37.8 Å². The second-order valence-electron chi connectivity index (χ2n) is 7.49. The van der Waals surface area contributed by atoms with Crippen LogP contribution < -0.4 is 21.1 Å². The average molecular weight is 449 g/mol. The van der Waals surface area contributed by atoms with Crippen LogP contribution in [0.25, 0.3) is 0 Å². The molecule has 0 fully saturated rings. The Morgan fingerprint density at radius 1 is 1.25 bits per heavy atom. The van der Waals surface area contributed by atoms with Crippen LogP contribution in [0.1, 0.15) is 40.5 Å². The van der Waals surface area contributed by atoms with E-state index in [9.17, 15) is 24.0 Å². The Morgan fingerprint density at radius 2 is 1.97 bits per heavy atom. The van der Waals surface area contributed by atoms with Crippen LogP contribution in [-0.2, 0) is 23.9 Å². The lowest BCUT2D eigenvalue weighted by atomic mass is 10.1. The largest absolute Gasteiger partial charge is 0.463 e. The fourth-order valence-corrected chi connectivity index (χ4v) is 2.75. The first-order valence-electron chi connectivity index (χ1n) is 10.5. The van der Waals surface area contributed by atoms with Gasteiger partial charge in [0.15, 0.2) is 0 Å². The lowest BCUT2D eigenvalue weighted by molar-refractivity contribution is -0.137. The molecule has 0 spiro atoms. The van der Waals surface area contributed by atoms with Crippen molar-refractivity contribution in [3.63, 3.8) is 0 Å². The van der Waals surface area contributed by atoms with Gasteiger partial charge in [0, 0.05) is 25.7 Å². The average Bonchev–Trinajstić information content (AvgIpc) is 2.72. The van der Waals surface area contributed by atoms with E-state index < -0.39 is 35.3 Å². The summed E-state index contributed by atoms with van der Waals surface area (Å²) in [5, 5.41) is 5.28. The van der Waals surface area contributed by atoms with E-state index in [0.29, 0.717) is 6.54 Å². The lowest BCUT2D eigenvalue weighted by Crippen LogP contribution is -2.52. The summed E-state index contributed by atoms with van der Waals surface area (Å²) in [6.07, 6.45) is 4.64. The number of amides is 3. The molecule has 0 aromatic carbocycles. The van der Waals surface area contributed by atoms with Crippen molar-refractivity contribution in [3.8, 4) is 0 Å². The van der Waals surface area contributed by atoms with E-state index in [-0.39, 0.29) is 37.6 Å². The molecule has 176 valence electrons. The number of aromatic nitrogens is 1. The molecule has 0 saturated heterocycles. The Morgan fingerprint density at radius 3 is 2.56 bits per heavy atom. The predicted octanol–water partition coefficient (Wildman–Crippen LogP) is 0.884. The first-order valence-corrected chi connectivity index (χ1v) is 10.5. The first-order chi connectivity index (χ1) is 15.1. The van der Waals surface area contributed by atoms with Gasteiger partial charge in [-0.25, -0.2) is 4.79 Å². The van der Waals surface area contributed by atoms with Gasteiger partial charge in [0.2, 0.25) is 17.7 Å². The number of aromatic amines is 1. The molecule has 3 N–H and O–H groups in total. The van der Waals surface area contributed by atoms with E-state index in [1.807, 2.05) is 13.8 Å². The zero-order valence-electron chi connectivity index (χ0n) is 19.0. The summed E-state index contributed by atoms with van der Waals surface area (Å²) in [5.41, 5.74) is -0.545. The van der Waals surface area contributed by atoms with Gasteiger partial charge in [0.25, 0.3) is 5.56 Å². The van der Waals surface area contributed by atoms with E-state index >= 15 is 0 Å². The van der Waals surface area contributed by atoms with Crippen LogP contribution in [0.5, 0.6) is 0 Å². The number of H-pyrrole nitrogens is 1. The molecule has 0 unspecified atom stereocenters. The van der Waals surface area contributed by atoms with E-state index in [1.165, 1.54) is 31.3 Å². The molecule has 1 aromatic heterocycles. The van der Waals surface area contributed by atoms with Crippen molar-refractivity contribution in [3.05, 3.63) is 40.8 Å². The van der Waals surface area contributed by atoms with Crippen LogP contribution in [0.15, 0.2) is 35.3 Å². The van der Waals surface area contributed by atoms with Crippen LogP contribution in [0.2, 0.25) is 0 Å². The molecule has 0 saturated carbocycles. The molecule has 10 heteroatoms. The third-order valence-electron chi connectivity index (χ3n) is 4.20. The number of anilines is 1. The summed E-state index contributed by atoms with van der Waals surface area (Å²) in [7, 11) is 0. The number of ether oxygens (including phenoxy) is 1. The summed E-state index contributed by atoms with van der Waals surface area (Å²) < 4.78 is 4.80. The van der Waals surface area contributed by atoms with Crippen LogP contribution in [0, 0.1) is 5.92 Å². The van der Waals surface area contributed by atoms with Crippen molar-refractivity contribution in [2.75, 3.05) is 24.6 Å². The Bertz CT molecular complexity index is 877. The van der Waals surface area contributed by atoms with Crippen LogP contribution in [0.4, 0.5) is 5.69 Å². The monoisotopic (exact) mass is 448 g/mol. The van der Waals surface area contributed by atoms with Gasteiger partial charge in [-0.3, -0.25) is 24.1 Å². The van der Waals surface area contributed by atoms with Crippen LogP contribution >= 0.6 is 0 Å². The van der Waals surface area contributed by atoms with Gasteiger partial charge in [-0.2, -0.15) is 0 Å². The van der Waals surface area contributed by atoms with Gasteiger partial charge < -0.3 is 20.4 Å². The molecule has 0 aliphatic carbocycles. The Hall–Kier alpha value is -3.43. The molecule has 3 amide bonds. The number of hydrogen-bond acceptors (Lipinski definition) is 6. The first kappa shape index (κ1) is 26.6. The fourth-order valence-electron chi connectivity index (χ4n) is 2.75. The number of carbonyl (C=O) groups excluding carboxylic acids is 4. The summed E-state index contributed by atoms with van der Waals surface area (Å²) in [4.78, 5) is 64.7. The molecule has 1 atom stereocenters. The second kappa shape index (κ2) is 13.8. The number of allylic oxidation sites excluding steroid dienone is 1. The van der Waals surface area contributed by atoms with E-state index in [2.05, 4.69) is 15.6 Å². The lowest BCUT2D eigenvalue weighted by Gasteiger charge is -2.26. The minimum absolute atomic E-state index is 0.00499. The standard InChI is InChI=1S/C22H32N4O6/c1-5-32-20(29)11-7-6-9-17(25-16(4)27)22(31)26(14-19(28)24-13-15(2)3)18-10-8-12-23-21(18)30/h7-8,10-12,15,17H,5-6,9,13-14H2,1-4H3,(H,23,30)(H,24,28)(H,25,27)/b11-7+/t17-/m0/s1. The number of rotatable bonds is 12. The zero-order valence-corrected chi connectivity index (χ0v) is 19.0. The number of esters is 1. The van der Waals surface area contributed by atoms with Gasteiger partial charge in [0.1, 0.15) is 18.3 Å². The highest BCUT2D eigenvalue weighted by Gasteiger charge is 2.29. The van der Waals surface area contributed by atoms with Crippen molar-refractivity contribution in [1.82, 2.24) is 15.6 Å². The van der Waals surface area contributed by atoms with Crippen LogP contribution in [0.3, 0.4) is 0 Å². The number of nitrogens with one attached hydrogen (secondary N) is 3. The third-order valence-corrected chi connectivity index (χ3v) is 4.20. The summed E-state index contributed by atoms with van der Waals surface area (Å²) in [6.45, 7) is 7.10. The molecule has 1 heterocycles. The molecular formula is C22H32N4O6.